The molecule has 1 aromatic rings. The Kier molecular flexibility index (Phi) is 3.37. The second-order valence-corrected chi connectivity index (χ2v) is 5.37. The Morgan fingerprint density at radius 2 is 2.11 bits per heavy atom. The van der Waals surface area contributed by atoms with E-state index in [4.69, 9.17) is 10.5 Å². The van der Waals surface area contributed by atoms with Crippen molar-refractivity contribution >= 4 is 0 Å². The minimum absolute atomic E-state index is 0.194. The zero-order valence-electron chi connectivity index (χ0n) is 10.8. The molecule has 2 N–H and O–H groups in total. The highest BCUT2D eigenvalue weighted by Crippen LogP contribution is 2.31. The van der Waals surface area contributed by atoms with Gasteiger partial charge >= 0.3 is 0 Å². The fourth-order valence-corrected chi connectivity index (χ4v) is 2.94. The first-order chi connectivity index (χ1) is 8.83. The molecule has 0 saturated heterocycles. The van der Waals surface area contributed by atoms with E-state index in [1.807, 2.05) is 0 Å². The zero-order valence-corrected chi connectivity index (χ0v) is 10.8. The standard InChI is InChI=1S/C16H21NO/c17-16-8-4-5-12-9-10-14(11-15(12)16)18-13-6-2-1-3-7-13/h2,6,9-11,13,16H,1,3-5,7-8,17H2/t13?,16-/m1/s1. The number of ether oxygens (including phenoxy) is 1. The van der Waals surface area contributed by atoms with Crippen molar-refractivity contribution in [1.29, 1.82) is 0 Å². The van der Waals surface area contributed by atoms with Crippen LogP contribution >= 0.6 is 0 Å². The molecule has 1 unspecified atom stereocenters. The lowest BCUT2D eigenvalue weighted by Gasteiger charge is -2.24. The van der Waals surface area contributed by atoms with E-state index in [0.29, 0.717) is 0 Å². The highest BCUT2D eigenvalue weighted by molar-refractivity contribution is 5.39. The lowest BCUT2D eigenvalue weighted by Crippen LogP contribution is -2.19. The van der Waals surface area contributed by atoms with Crippen LogP contribution in [0.25, 0.3) is 0 Å². The average molecular weight is 243 g/mol. The first kappa shape index (κ1) is 11.8. The third-order valence-corrected chi connectivity index (χ3v) is 3.98. The van der Waals surface area contributed by atoms with Crippen LogP contribution in [0, 0.1) is 0 Å². The first-order valence-electron chi connectivity index (χ1n) is 7.04. The van der Waals surface area contributed by atoms with Crippen molar-refractivity contribution in [3.8, 4) is 5.75 Å². The molecule has 2 aliphatic carbocycles. The molecule has 18 heavy (non-hydrogen) atoms. The monoisotopic (exact) mass is 243 g/mol. The van der Waals surface area contributed by atoms with E-state index in [-0.39, 0.29) is 12.1 Å². The first-order valence-corrected chi connectivity index (χ1v) is 7.04. The molecule has 0 bridgehead atoms. The predicted molar refractivity (Wildman–Crippen MR) is 73.7 cm³/mol. The average Bonchev–Trinajstić information content (AvgIpc) is 2.41. The van der Waals surface area contributed by atoms with Gasteiger partial charge in [-0.2, -0.15) is 0 Å². The van der Waals surface area contributed by atoms with Crippen molar-refractivity contribution in [2.75, 3.05) is 0 Å². The normalized spacial score (nSPS) is 26.7. The summed E-state index contributed by atoms with van der Waals surface area (Å²) in [5.41, 5.74) is 8.87. The number of fused-ring (bicyclic) bond motifs is 1. The van der Waals surface area contributed by atoms with Crippen LogP contribution in [0.4, 0.5) is 0 Å². The molecule has 2 atom stereocenters. The van der Waals surface area contributed by atoms with Crippen molar-refractivity contribution in [1.82, 2.24) is 0 Å². The van der Waals surface area contributed by atoms with E-state index in [9.17, 15) is 0 Å². The SMILES string of the molecule is N[C@@H]1CCCc2ccc(OC3C=CCCC3)cc21. The Labute approximate surface area is 109 Å². The molecule has 0 amide bonds. The second-order valence-electron chi connectivity index (χ2n) is 5.37. The van der Waals surface area contributed by atoms with Crippen LogP contribution in [0.5, 0.6) is 5.75 Å². The molecule has 0 fully saturated rings. The van der Waals surface area contributed by atoms with E-state index in [1.54, 1.807) is 0 Å². The van der Waals surface area contributed by atoms with Gasteiger partial charge in [-0.05, 0) is 67.9 Å². The fourth-order valence-electron chi connectivity index (χ4n) is 2.94. The Hall–Kier alpha value is -1.28. The van der Waals surface area contributed by atoms with Crippen LogP contribution < -0.4 is 10.5 Å². The third kappa shape index (κ3) is 2.44. The van der Waals surface area contributed by atoms with Gasteiger partial charge < -0.3 is 10.5 Å². The molecule has 96 valence electrons. The topological polar surface area (TPSA) is 35.2 Å². The molecule has 0 aromatic heterocycles. The highest BCUT2D eigenvalue weighted by Gasteiger charge is 2.18. The lowest BCUT2D eigenvalue weighted by atomic mass is 9.88. The molecule has 0 spiro atoms. The summed E-state index contributed by atoms with van der Waals surface area (Å²) in [6, 6.07) is 6.64. The van der Waals surface area contributed by atoms with Gasteiger partial charge in [-0.3, -0.25) is 0 Å². The smallest absolute Gasteiger partial charge is 0.120 e. The second kappa shape index (κ2) is 5.15. The van der Waals surface area contributed by atoms with Crippen molar-refractivity contribution in [2.45, 2.75) is 50.7 Å². The molecule has 0 heterocycles. The molecule has 2 aliphatic rings. The molecule has 0 radical (unpaired) electrons. The Bertz CT molecular complexity index is 452. The molecule has 0 aliphatic heterocycles. The number of benzene rings is 1. The lowest BCUT2D eigenvalue weighted by molar-refractivity contribution is 0.229. The minimum Gasteiger partial charge on any atom is -0.486 e. The van der Waals surface area contributed by atoms with E-state index < -0.39 is 0 Å². The molecular weight excluding hydrogens is 222 g/mol. The minimum atomic E-state index is 0.194. The largest absolute Gasteiger partial charge is 0.486 e. The highest BCUT2D eigenvalue weighted by atomic mass is 16.5. The Morgan fingerprint density at radius 3 is 2.94 bits per heavy atom. The van der Waals surface area contributed by atoms with Crippen LogP contribution in [0.3, 0.4) is 0 Å². The van der Waals surface area contributed by atoms with E-state index in [2.05, 4.69) is 30.4 Å². The Morgan fingerprint density at radius 1 is 1.17 bits per heavy atom. The van der Waals surface area contributed by atoms with Crippen LogP contribution in [-0.4, -0.2) is 6.10 Å². The summed E-state index contributed by atoms with van der Waals surface area (Å²) in [6.45, 7) is 0. The summed E-state index contributed by atoms with van der Waals surface area (Å²) in [5.74, 6) is 0.975. The van der Waals surface area contributed by atoms with Crippen molar-refractivity contribution < 1.29 is 4.74 Å². The van der Waals surface area contributed by atoms with E-state index >= 15 is 0 Å². The summed E-state index contributed by atoms with van der Waals surface area (Å²) < 4.78 is 6.03. The number of aryl methyl sites for hydroxylation is 1. The van der Waals surface area contributed by atoms with Crippen LogP contribution in [0.15, 0.2) is 30.4 Å². The van der Waals surface area contributed by atoms with Gasteiger partial charge in [0.05, 0.1) is 0 Å². The van der Waals surface area contributed by atoms with Crippen molar-refractivity contribution in [3.05, 3.63) is 41.5 Å². The predicted octanol–water partition coefficient (Wildman–Crippen LogP) is 3.51. The van der Waals surface area contributed by atoms with Gasteiger partial charge in [0.15, 0.2) is 0 Å². The van der Waals surface area contributed by atoms with Gasteiger partial charge in [-0.15, -0.1) is 0 Å². The van der Waals surface area contributed by atoms with Crippen LogP contribution in [0.1, 0.15) is 49.3 Å². The molecule has 2 heteroatoms. The van der Waals surface area contributed by atoms with Gasteiger partial charge in [0.2, 0.25) is 0 Å². The number of rotatable bonds is 2. The summed E-state index contributed by atoms with van der Waals surface area (Å²) in [5, 5.41) is 0. The van der Waals surface area contributed by atoms with Gasteiger partial charge in [0.25, 0.3) is 0 Å². The van der Waals surface area contributed by atoms with Crippen molar-refractivity contribution in [2.24, 2.45) is 5.73 Å². The number of nitrogens with two attached hydrogens (primary N) is 1. The number of allylic oxidation sites excluding steroid dienone is 1. The van der Waals surface area contributed by atoms with E-state index in [1.165, 1.54) is 30.4 Å². The maximum Gasteiger partial charge on any atom is 0.120 e. The molecule has 2 nitrogen and oxygen atoms in total. The summed E-state index contributed by atoms with van der Waals surface area (Å²) in [6.07, 6.45) is 11.7. The number of hydrogen-bond acceptors (Lipinski definition) is 2. The summed E-state index contributed by atoms with van der Waals surface area (Å²) >= 11 is 0. The van der Waals surface area contributed by atoms with Gasteiger partial charge in [-0.1, -0.05) is 12.1 Å². The molecule has 3 rings (SSSR count). The number of hydrogen-bond donors (Lipinski definition) is 1. The third-order valence-electron chi connectivity index (χ3n) is 3.98. The summed E-state index contributed by atoms with van der Waals surface area (Å²) in [4.78, 5) is 0. The fraction of sp³-hybridized carbons (Fsp3) is 0.500. The maximum atomic E-state index is 6.18. The zero-order chi connectivity index (χ0) is 12.4. The molecule has 1 aromatic carbocycles. The van der Waals surface area contributed by atoms with Crippen LogP contribution in [0.2, 0.25) is 0 Å². The molecular formula is C16H21NO. The van der Waals surface area contributed by atoms with E-state index in [0.717, 1.165) is 25.0 Å². The Balaban J connectivity index is 1.78. The summed E-state index contributed by atoms with van der Waals surface area (Å²) in [7, 11) is 0. The quantitative estimate of drug-likeness (QED) is 0.807. The van der Waals surface area contributed by atoms with Crippen molar-refractivity contribution in [3.63, 3.8) is 0 Å². The van der Waals surface area contributed by atoms with Gasteiger partial charge in [-0.25, -0.2) is 0 Å². The van der Waals surface area contributed by atoms with Gasteiger partial charge in [0.1, 0.15) is 11.9 Å². The maximum absolute atomic E-state index is 6.18. The van der Waals surface area contributed by atoms with Gasteiger partial charge in [0, 0.05) is 6.04 Å². The van der Waals surface area contributed by atoms with Crippen LogP contribution in [-0.2, 0) is 6.42 Å². The molecule has 0 saturated carbocycles.